The molecule has 314 valence electrons. The molecule has 1 aliphatic heterocycles. The quantitative estimate of drug-likeness (QED) is 0.181. The standard InChI is InChI=1S/C49H71ClN2O5/c1-28(2)44-41(54)26-49(19-22-52-27-32-7-8-33(50)24-42(32)57-34-14-20-51-21-15-34)18-13-39-35(45(44)49)9-10-43-47(5)16-11-31(29(3)38(47)12-17-48(39,43)6)23-40(53)36-25-37(30(36)4)46(55)56/h7-8,24,28-31,34-39,43,51-52H,9-23,25-27H2,1-6H3,(H,55,56). The average Bonchev–Trinajstić information content (AvgIpc) is 3.47. The van der Waals surface area contributed by atoms with Crippen LogP contribution in [0.25, 0.3) is 0 Å². The fraction of sp³-hybridized carbons (Fsp3) is 0.776. The lowest BCUT2D eigenvalue weighted by atomic mass is 9.37. The number of ketones is 2. The summed E-state index contributed by atoms with van der Waals surface area (Å²) in [5.41, 5.74) is 4.38. The summed E-state index contributed by atoms with van der Waals surface area (Å²) < 4.78 is 6.50. The zero-order valence-electron chi connectivity index (χ0n) is 35.8. The first-order valence-corrected chi connectivity index (χ1v) is 23.4. The van der Waals surface area contributed by atoms with Crippen LogP contribution in [0, 0.1) is 75.4 Å². The maximum Gasteiger partial charge on any atom is 0.306 e. The fourth-order valence-electron chi connectivity index (χ4n) is 15.1. The van der Waals surface area contributed by atoms with E-state index in [-0.39, 0.29) is 46.0 Å². The Labute approximate surface area is 347 Å². The lowest BCUT2D eigenvalue weighted by Gasteiger charge is -2.67. The van der Waals surface area contributed by atoms with Gasteiger partial charge in [0.2, 0.25) is 0 Å². The topological polar surface area (TPSA) is 105 Å². The third kappa shape index (κ3) is 7.28. The van der Waals surface area contributed by atoms with E-state index in [1.54, 1.807) is 5.57 Å². The number of ether oxygens (including phenoxy) is 1. The van der Waals surface area contributed by atoms with Crippen LogP contribution in [0.4, 0.5) is 0 Å². The number of piperidine rings is 1. The highest BCUT2D eigenvalue weighted by Gasteiger charge is 2.64. The third-order valence-electron chi connectivity index (χ3n) is 18.2. The summed E-state index contributed by atoms with van der Waals surface area (Å²) in [6, 6.07) is 6.04. The number of carbonyl (C=O) groups excluding carboxylic acids is 2. The molecule has 8 heteroatoms. The average molecular weight is 804 g/mol. The summed E-state index contributed by atoms with van der Waals surface area (Å²) in [7, 11) is 0. The molecular weight excluding hydrogens is 732 g/mol. The molecule has 0 amide bonds. The van der Waals surface area contributed by atoms with E-state index in [1.807, 2.05) is 19.1 Å². The van der Waals surface area contributed by atoms with Gasteiger partial charge in [-0.15, -0.1) is 0 Å². The highest BCUT2D eigenvalue weighted by Crippen LogP contribution is 2.72. The van der Waals surface area contributed by atoms with Crippen molar-refractivity contribution in [2.75, 3.05) is 19.6 Å². The molecule has 57 heavy (non-hydrogen) atoms. The Morgan fingerprint density at radius 1 is 0.947 bits per heavy atom. The first-order valence-electron chi connectivity index (χ1n) is 23.1. The minimum absolute atomic E-state index is 0.0366. The van der Waals surface area contributed by atoms with Crippen LogP contribution >= 0.6 is 11.6 Å². The van der Waals surface area contributed by atoms with Gasteiger partial charge in [0.25, 0.3) is 0 Å². The molecule has 1 aromatic rings. The van der Waals surface area contributed by atoms with Gasteiger partial charge in [0.15, 0.2) is 5.78 Å². The summed E-state index contributed by atoms with van der Waals surface area (Å²) >= 11 is 6.44. The Morgan fingerprint density at radius 2 is 1.67 bits per heavy atom. The molecule has 0 aromatic heterocycles. The maximum absolute atomic E-state index is 14.1. The minimum Gasteiger partial charge on any atom is -0.490 e. The number of benzene rings is 1. The van der Waals surface area contributed by atoms with Gasteiger partial charge in [-0.3, -0.25) is 14.4 Å². The normalized spacial score (nSPS) is 40.5. The minimum atomic E-state index is -0.747. The molecule has 0 radical (unpaired) electrons. The van der Waals surface area contributed by atoms with Gasteiger partial charge in [-0.1, -0.05) is 64.8 Å². The largest absolute Gasteiger partial charge is 0.490 e. The van der Waals surface area contributed by atoms with Gasteiger partial charge in [0, 0.05) is 41.3 Å². The molecule has 12 unspecified atom stereocenters. The number of rotatable bonds is 12. The molecule has 12 atom stereocenters. The van der Waals surface area contributed by atoms with Crippen LogP contribution in [-0.4, -0.2) is 48.4 Å². The van der Waals surface area contributed by atoms with Crippen LogP contribution in [0.3, 0.4) is 0 Å². The van der Waals surface area contributed by atoms with Crippen LogP contribution in [-0.2, 0) is 20.9 Å². The van der Waals surface area contributed by atoms with Crippen molar-refractivity contribution in [2.45, 2.75) is 144 Å². The number of allylic oxidation sites excluding steroid dienone is 2. The summed E-state index contributed by atoms with van der Waals surface area (Å²) in [5.74, 6) is 3.99. The fourth-order valence-corrected chi connectivity index (χ4v) is 15.3. The molecule has 8 rings (SSSR count). The molecule has 3 N–H and O–H groups in total. The van der Waals surface area contributed by atoms with Crippen molar-refractivity contribution >= 4 is 29.1 Å². The number of carboxylic acids is 1. The van der Waals surface area contributed by atoms with E-state index in [2.05, 4.69) is 51.3 Å². The SMILES string of the molecule is CC(C)C1=C2C3CCC4C(C)(CCC5C(C)C(CC(=O)C6CC(C(=O)O)C6C)CCC54C)C3CCC2(CCNCc2ccc(Cl)cc2OC2CCNCC2)CC1=O. The number of nitrogens with one attached hydrogen (secondary N) is 2. The molecule has 5 saturated carbocycles. The monoisotopic (exact) mass is 803 g/mol. The molecule has 6 aliphatic carbocycles. The summed E-state index contributed by atoms with van der Waals surface area (Å²) in [6.07, 6.45) is 14.6. The maximum atomic E-state index is 14.1. The van der Waals surface area contributed by atoms with Crippen LogP contribution in [0.5, 0.6) is 5.75 Å². The number of halogens is 1. The lowest BCUT2D eigenvalue weighted by Crippen LogP contribution is -2.60. The van der Waals surface area contributed by atoms with Crippen molar-refractivity contribution in [1.29, 1.82) is 0 Å². The van der Waals surface area contributed by atoms with Crippen LogP contribution in [0.15, 0.2) is 29.3 Å². The van der Waals surface area contributed by atoms with E-state index in [0.717, 1.165) is 69.6 Å². The molecule has 1 aromatic carbocycles. The number of aliphatic carboxylic acids is 1. The van der Waals surface area contributed by atoms with Gasteiger partial charge in [-0.25, -0.2) is 0 Å². The molecule has 6 fully saturated rings. The van der Waals surface area contributed by atoms with Gasteiger partial charge in [-0.2, -0.15) is 0 Å². The highest BCUT2D eigenvalue weighted by molar-refractivity contribution is 6.30. The van der Waals surface area contributed by atoms with E-state index < -0.39 is 5.97 Å². The van der Waals surface area contributed by atoms with Crippen LogP contribution in [0.2, 0.25) is 5.02 Å². The van der Waals surface area contributed by atoms with E-state index in [4.69, 9.17) is 16.3 Å². The smallest absolute Gasteiger partial charge is 0.306 e. The van der Waals surface area contributed by atoms with Crippen molar-refractivity contribution in [3.8, 4) is 5.75 Å². The molecule has 0 spiro atoms. The Kier molecular flexibility index (Phi) is 11.6. The number of fused-ring (bicyclic) bond motifs is 7. The zero-order chi connectivity index (χ0) is 40.4. The van der Waals surface area contributed by atoms with E-state index in [9.17, 15) is 19.5 Å². The van der Waals surface area contributed by atoms with Crippen LogP contribution in [0.1, 0.15) is 137 Å². The van der Waals surface area contributed by atoms with E-state index >= 15 is 0 Å². The summed E-state index contributed by atoms with van der Waals surface area (Å²) in [4.78, 5) is 39.2. The molecule has 0 bridgehead atoms. The molecule has 1 saturated heterocycles. The third-order valence-corrected chi connectivity index (χ3v) is 18.4. The number of carbonyl (C=O) groups is 3. The first kappa shape index (κ1) is 41.5. The molecule has 7 aliphatic rings. The van der Waals surface area contributed by atoms with Crippen LogP contribution < -0.4 is 15.4 Å². The molecule has 1 heterocycles. The lowest BCUT2D eigenvalue weighted by molar-refractivity contribution is -0.172. The van der Waals surface area contributed by atoms with Crippen molar-refractivity contribution in [3.63, 3.8) is 0 Å². The second-order valence-electron chi connectivity index (χ2n) is 21.1. The summed E-state index contributed by atoms with van der Waals surface area (Å²) in [5, 5.41) is 17.4. The highest BCUT2D eigenvalue weighted by atomic mass is 35.5. The second-order valence-corrected chi connectivity index (χ2v) is 21.6. The van der Waals surface area contributed by atoms with E-state index in [1.165, 1.54) is 44.1 Å². The van der Waals surface area contributed by atoms with Gasteiger partial charge in [0.1, 0.15) is 17.6 Å². The second kappa shape index (κ2) is 16.0. The van der Waals surface area contributed by atoms with Crippen molar-refractivity contribution < 1.29 is 24.2 Å². The van der Waals surface area contributed by atoms with Crippen molar-refractivity contribution in [2.24, 2.45) is 75.4 Å². The number of hydrogen-bond donors (Lipinski definition) is 3. The number of Topliss-reactive ketones (excluding diaryl/α,β-unsaturated/α-hetero) is 2. The Hall–Kier alpha value is -2.22. The summed E-state index contributed by atoms with van der Waals surface area (Å²) in [6.45, 7) is 17.8. The van der Waals surface area contributed by atoms with Gasteiger partial charge < -0.3 is 20.5 Å². The molecular formula is C49H71ClN2O5. The Morgan fingerprint density at radius 3 is 2.39 bits per heavy atom. The van der Waals surface area contributed by atoms with E-state index in [0.29, 0.717) is 71.4 Å². The zero-order valence-corrected chi connectivity index (χ0v) is 36.5. The van der Waals surface area contributed by atoms with Crippen molar-refractivity contribution in [1.82, 2.24) is 10.6 Å². The van der Waals surface area contributed by atoms with Gasteiger partial charge >= 0.3 is 5.97 Å². The first-order chi connectivity index (χ1) is 27.2. The Bertz CT molecular complexity index is 1750. The van der Waals surface area contributed by atoms with Gasteiger partial charge in [0.05, 0.1) is 5.92 Å². The molecule has 7 nitrogen and oxygen atoms in total. The Balaban J connectivity index is 0.951. The number of hydrogen-bond acceptors (Lipinski definition) is 6. The van der Waals surface area contributed by atoms with Gasteiger partial charge in [-0.05, 0) is 173 Å². The predicted molar refractivity (Wildman–Crippen MR) is 226 cm³/mol. The van der Waals surface area contributed by atoms with Crippen molar-refractivity contribution in [3.05, 3.63) is 39.9 Å². The predicted octanol–water partition coefficient (Wildman–Crippen LogP) is 10.1. The number of carboxylic acid groups (broad SMARTS) is 1.